The number of hydrogen-bond acceptors (Lipinski definition) is 5. The van der Waals surface area contributed by atoms with Gasteiger partial charge in [0.15, 0.2) is 6.61 Å². The number of ether oxygens (including phenoxy) is 3. The summed E-state index contributed by atoms with van der Waals surface area (Å²) in [4.78, 5) is 23.7. The number of esters is 1. The van der Waals surface area contributed by atoms with Crippen LogP contribution in [0.4, 0.5) is 0 Å². The number of carbonyl (C=O) groups excluding carboxylic acids is 2. The topological polar surface area (TPSA) is 73.9 Å². The summed E-state index contributed by atoms with van der Waals surface area (Å²) in [6.45, 7) is 0.364. The van der Waals surface area contributed by atoms with Gasteiger partial charge in [0.2, 0.25) is 5.76 Å². The van der Waals surface area contributed by atoms with E-state index in [1.54, 1.807) is 0 Å². The van der Waals surface area contributed by atoms with E-state index >= 15 is 0 Å². The van der Waals surface area contributed by atoms with E-state index in [4.69, 9.17) is 14.2 Å². The second kappa shape index (κ2) is 7.17. The third kappa shape index (κ3) is 3.83. The van der Waals surface area contributed by atoms with Crippen LogP contribution in [0.15, 0.2) is 36.3 Å². The number of benzene rings is 1. The lowest BCUT2D eigenvalue weighted by Crippen LogP contribution is -2.34. The molecular formula is C17H19NO5. The van der Waals surface area contributed by atoms with Gasteiger partial charge in [-0.05, 0) is 30.4 Å². The highest BCUT2D eigenvalue weighted by Gasteiger charge is 2.23. The normalized spacial score (nSPS) is 19.5. The molecule has 0 aromatic heterocycles. The molecule has 0 saturated carbocycles. The highest BCUT2D eigenvalue weighted by molar-refractivity contribution is 5.88. The number of amides is 1. The van der Waals surface area contributed by atoms with Crippen molar-refractivity contribution >= 4 is 11.9 Å². The van der Waals surface area contributed by atoms with Crippen molar-refractivity contribution < 1.29 is 23.8 Å². The van der Waals surface area contributed by atoms with Crippen molar-refractivity contribution in [3.63, 3.8) is 0 Å². The summed E-state index contributed by atoms with van der Waals surface area (Å²) < 4.78 is 15.0. The van der Waals surface area contributed by atoms with Gasteiger partial charge in [-0.3, -0.25) is 4.79 Å². The van der Waals surface area contributed by atoms with Crippen molar-refractivity contribution in [2.75, 3.05) is 19.8 Å². The Morgan fingerprint density at radius 1 is 1.26 bits per heavy atom. The SMILES string of the molecule is O=C(COC(=O)C1=COCCO1)N[C@@H]1CCCc2ccccc21. The molecule has 0 saturated heterocycles. The summed E-state index contributed by atoms with van der Waals surface area (Å²) in [7, 11) is 0. The molecule has 1 aliphatic carbocycles. The number of carbonyl (C=O) groups is 2. The fourth-order valence-corrected chi connectivity index (χ4v) is 2.82. The summed E-state index contributed by atoms with van der Waals surface area (Å²) in [6.07, 6.45) is 4.16. The van der Waals surface area contributed by atoms with Gasteiger partial charge in [-0.25, -0.2) is 4.79 Å². The standard InChI is InChI=1S/C17H19NO5/c19-16(11-23-17(20)15-10-21-8-9-22-15)18-14-7-3-5-12-4-1-2-6-13(12)14/h1-2,4,6,10,14H,3,5,7-9,11H2,(H,18,19)/t14-/m1/s1. The van der Waals surface area contributed by atoms with Crippen LogP contribution in [0, 0.1) is 0 Å². The zero-order valence-electron chi connectivity index (χ0n) is 12.7. The molecule has 0 bridgehead atoms. The van der Waals surface area contributed by atoms with Crippen LogP contribution >= 0.6 is 0 Å². The van der Waals surface area contributed by atoms with Gasteiger partial charge >= 0.3 is 5.97 Å². The van der Waals surface area contributed by atoms with Crippen LogP contribution in [-0.4, -0.2) is 31.7 Å². The Labute approximate surface area is 134 Å². The molecule has 1 heterocycles. The van der Waals surface area contributed by atoms with Crippen LogP contribution in [0.5, 0.6) is 0 Å². The fourth-order valence-electron chi connectivity index (χ4n) is 2.82. The molecule has 1 aliphatic heterocycles. The van der Waals surface area contributed by atoms with Crippen LogP contribution in [0.3, 0.4) is 0 Å². The predicted molar refractivity (Wildman–Crippen MR) is 81.2 cm³/mol. The molecule has 1 amide bonds. The van der Waals surface area contributed by atoms with Crippen molar-refractivity contribution in [2.24, 2.45) is 0 Å². The van der Waals surface area contributed by atoms with E-state index in [2.05, 4.69) is 11.4 Å². The molecule has 2 aliphatic rings. The molecule has 1 aromatic carbocycles. The minimum atomic E-state index is -0.691. The van der Waals surface area contributed by atoms with E-state index in [1.165, 1.54) is 11.8 Å². The van der Waals surface area contributed by atoms with E-state index in [1.807, 2.05) is 18.2 Å². The minimum absolute atomic E-state index is 0.00735. The molecule has 0 radical (unpaired) electrons. The van der Waals surface area contributed by atoms with E-state index < -0.39 is 5.97 Å². The molecule has 6 heteroatoms. The molecule has 1 N–H and O–H groups in total. The highest BCUT2D eigenvalue weighted by atomic mass is 16.6. The smallest absolute Gasteiger partial charge is 0.377 e. The summed E-state index contributed by atoms with van der Waals surface area (Å²) in [5.41, 5.74) is 2.41. The van der Waals surface area contributed by atoms with Gasteiger partial charge in [-0.1, -0.05) is 24.3 Å². The summed E-state index contributed by atoms with van der Waals surface area (Å²) >= 11 is 0. The zero-order chi connectivity index (χ0) is 16.1. The van der Waals surface area contributed by atoms with Crippen LogP contribution in [-0.2, 0) is 30.2 Å². The van der Waals surface area contributed by atoms with Gasteiger partial charge in [0, 0.05) is 0 Å². The number of nitrogens with one attached hydrogen (secondary N) is 1. The first-order valence-electron chi connectivity index (χ1n) is 7.73. The second-order valence-electron chi connectivity index (χ2n) is 5.49. The van der Waals surface area contributed by atoms with Crippen LogP contribution in [0.2, 0.25) is 0 Å². The Hall–Kier alpha value is -2.50. The van der Waals surface area contributed by atoms with E-state index in [9.17, 15) is 9.59 Å². The molecule has 1 atom stereocenters. The summed E-state index contributed by atoms with van der Waals surface area (Å²) in [5, 5.41) is 2.93. The monoisotopic (exact) mass is 317 g/mol. The third-order valence-corrected chi connectivity index (χ3v) is 3.89. The quantitative estimate of drug-likeness (QED) is 0.854. The lowest BCUT2D eigenvalue weighted by atomic mass is 9.88. The van der Waals surface area contributed by atoms with Gasteiger partial charge in [0.05, 0.1) is 6.04 Å². The maximum Gasteiger partial charge on any atom is 0.377 e. The van der Waals surface area contributed by atoms with Crippen molar-refractivity contribution in [1.29, 1.82) is 0 Å². The maximum atomic E-state index is 12.0. The summed E-state index contributed by atoms with van der Waals surface area (Å²) in [6, 6.07) is 8.06. The first-order chi connectivity index (χ1) is 11.2. The van der Waals surface area contributed by atoms with Crippen LogP contribution in [0.1, 0.15) is 30.0 Å². The Kier molecular flexibility index (Phi) is 4.80. The number of rotatable bonds is 4. The lowest BCUT2D eigenvalue weighted by Gasteiger charge is -2.26. The van der Waals surface area contributed by atoms with Crippen molar-refractivity contribution in [2.45, 2.75) is 25.3 Å². The maximum absolute atomic E-state index is 12.0. The van der Waals surface area contributed by atoms with E-state index in [-0.39, 0.29) is 24.3 Å². The van der Waals surface area contributed by atoms with Gasteiger partial charge in [-0.15, -0.1) is 0 Å². The predicted octanol–water partition coefficient (Wildman–Crippen LogP) is 1.61. The highest BCUT2D eigenvalue weighted by Crippen LogP contribution is 2.29. The largest absolute Gasteiger partial charge is 0.493 e. The fraction of sp³-hybridized carbons (Fsp3) is 0.412. The molecule has 23 heavy (non-hydrogen) atoms. The molecule has 0 fully saturated rings. The first kappa shape index (κ1) is 15.4. The molecule has 122 valence electrons. The molecule has 0 unspecified atom stereocenters. The van der Waals surface area contributed by atoms with Crippen molar-refractivity contribution in [1.82, 2.24) is 5.32 Å². The van der Waals surface area contributed by atoms with Gasteiger partial charge in [0.1, 0.15) is 19.5 Å². The summed E-state index contributed by atoms with van der Waals surface area (Å²) in [5.74, 6) is -1.02. The number of aryl methyl sites for hydroxylation is 1. The Balaban J connectivity index is 1.52. The van der Waals surface area contributed by atoms with Gasteiger partial charge in [-0.2, -0.15) is 0 Å². The Bertz CT molecular complexity index is 625. The Morgan fingerprint density at radius 3 is 2.96 bits per heavy atom. The zero-order valence-corrected chi connectivity index (χ0v) is 12.7. The molecular weight excluding hydrogens is 298 g/mol. The van der Waals surface area contributed by atoms with Gasteiger partial charge < -0.3 is 19.5 Å². The van der Waals surface area contributed by atoms with E-state index in [0.717, 1.165) is 24.8 Å². The molecule has 1 aromatic rings. The molecule has 0 spiro atoms. The second-order valence-corrected chi connectivity index (χ2v) is 5.49. The van der Waals surface area contributed by atoms with Crippen LogP contribution in [0.25, 0.3) is 0 Å². The first-order valence-corrected chi connectivity index (χ1v) is 7.73. The van der Waals surface area contributed by atoms with Crippen molar-refractivity contribution in [3.8, 4) is 0 Å². The number of fused-ring (bicyclic) bond motifs is 1. The average Bonchev–Trinajstić information content (AvgIpc) is 2.61. The Morgan fingerprint density at radius 2 is 2.13 bits per heavy atom. The van der Waals surface area contributed by atoms with Crippen LogP contribution < -0.4 is 5.32 Å². The minimum Gasteiger partial charge on any atom is -0.493 e. The van der Waals surface area contributed by atoms with Gasteiger partial charge in [0.25, 0.3) is 5.91 Å². The average molecular weight is 317 g/mol. The third-order valence-electron chi connectivity index (χ3n) is 3.89. The number of hydrogen-bond donors (Lipinski definition) is 1. The van der Waals surface area contributed by atoms with Crippen molar-refractivity contribution in [3.05, 3.63) is 47.4 Å². The van der Waals surface area contributed by atoms with E-state index in [0.29, 0.717) is 13.2 Å². The molecule has 3 rings (SSSR count). The molecule has 6 nitrogen and oxygen atoms in total. The lowest BCUT2D eigenvalue weighted by molar-refractivity contribution is -0.149.